The highest BCUT2D eigenvalue weighted by atomic mass is 35.5. The molecule has 1 aromatic rings. The van der Waals surface area contributed by atoms with Gasteiger partial charge in [-0.15, -0.1) is 0 Å². The van der Waals surface area contributed by atoms with Gasteiger partial charge in [0.25, 0.3) is 0 Å². The van der Waals surface area contributed by atoms with Crippen LogP contribution in [0.25, 0.3) is 0 Å². The number of hydrogen-bond donors (Lipinski definition) is 0. The van der Waals surface area contributed by atoms with Crippen molar-refractivity contribution in [2.24, 2.45) is 0 Å². The third kappa shape index (κ3) is 3.24. The molecular formula is C14H15ClFNO2. The highest BCUT2D eigenvalue weighted by molar-refractivity contribution is 6.30. The van der Waals surface area contributed by atoms with Crippen molar-refractivity contribution in [2.45, 2.75) is 32.1 Å². The molecule has 1 aromatic carbocycles. The molecule has 102 valence electrons. The Hall–Kier alpha value is -1.60. The normalized spacial score (nSPS) is 12.1. The summed E-state index contributed by atoms with van der Waals surface area (Å²) in [6.07, 6.45) is -0.149. The van der Waals surface area contributed by atoms with E-state index < -0.39 is 17.7 Å². The van der Waals surface area contributed by atoms with Gasteiger partial charge in [-0.25, -0.2) is 4.39 Å². The number of halogens is 2. The molecule has 1 atom stereocenters. The van der Waals surface area contributed by atoms with Crippen LogP contribution in [0.3, 0.4) is 0 Å². The number of benzene rings is 1. The first-order valence-electron chi connectivity index (χ1n) is 5.86. The predicted octanol–water partition coefficient (Wildman–Crippen LogP) is 3.77. The largest absolute Gasteiger partial charge is 0.469 e. The van der Waals surface area contributed by atoms with Crippen molar-refractivity contribution >= 4 is 17.6 Å². The molecular weight excluding hydrogens is 269 g/mol. The molecule has 0 heterocycles. The van der Waals surface area contributed by atoms with Crippen molar-refractivity contribution in [1.82, 2.24) is 0 Å². The summed E-state index contributed by atoms with van der Waals surface area (Å²) >= 11 is 5.77. The molecule has 0 aliphatic heterocycles. The van der Waals surface area contributed by atoms with E-state index in [0.717, 1.165) is 0 Å². The molecule has 0 saturated carbocycles. The molecule has 0 bridgehead atoms. The highest BCUT2D eigenvalue weighted by Crippen LogP contribution is 2.34. The van der Waals surface area contributed by atoms with Gasteiger partial charge >= 0.3 is 5.97 Å². The zero-order valence-electron chi connectivity index (χ0n) is 11.0. The topological polar surface area (TPSA) is 50.1 Å². The van der Waals surface area contributed by atoms with E-state index in [0.29, 0.717) is 5.56 Å². The van der Waals surface area contributed by atoms with Gasteiger partial charge in [-0.1, -0.05) is 31.5 Å². The minimum atomic E-state index is -0.953. The Morgan fingerprint density at radius 3 is 2.63 bits per heavy atom. The van der Waals surface area contributed by atoms with Crippen molar-refractivity contribution in [3.05, 3.63) is 34.1 Å². The Bertz CT molecular complexity index is 523. The number of nitrogens with zero attached hydrogens (tertiary/aromatic N) is 1. The standard InChI is InChI=1S/C14H15ClFNO2/c1-8(2)9-4-5-11(15)13(16)12(9)10(6-7-17)14(18)19-3/h4-5,8,10H,6H2,1-3H3. The molecule has 0 aliphatic carbocycles. The molecule has 0 N–H and O–H groups in total. The summed E-state index contributed by atoms with van der Waals surface area (Å²) in [7, 11) is 1.21. The number of nitriles is 1. The second-order valence-corrected chi connectivity index (χ2v) is 4.86. The maximum atomic E-state index is 14.2. The van der Waals surface area contributed by atoms with Gasteiger partial charge in [0.1, 0.15) is 5.82 Å². The lowest BCUT2D eigenvalue weighted by Crippen LogP contribution is -2.18. The Labute approximate surface area is 116 Å². The summed E-state index contributed by atoms with van der Waals surface area (Å²) in [5.41, 5.74) is 0.823. The number of hydrogen-bond acceptors (Lipinski definition) is 3. The second-order valence-electron chi connectivity index (χ2n) is 4.46. The Morgan fingerprint density at radius 1 is 1.53 bits per heavy atom. The number of carbonyl (C=O) groups excluding carboxylic acids is 1. The fourth-order valence-electron chi connectivity index (χ4n) is 1.98. The van der Waals surface area contributed by atoms with Crippen LogP contribution in [-0.4, -0.2) is 13.1 Å². The zero-order chi connectivity index (χ0) is 14.6. The van der Waals surface area contributed by atoms with E-state index in [1.807, 2.05) is 19.9 Å². The first kappa shape index (κ1) is 15.5. The molecule has 19 heavy (non-hydrogen) atoms. The first-order valence-corrected chi connectivity index (χ1v) is 6.24. The number of rotatable bonds is 4. The molecule has 0 radical (unpaired) electrons. The summed E-state index contributed by atoms with van der Waals surface area (Å²) in [6.45, 7) is 3.76. The van der Waals surface area contributed by atoms with Crippen molar-refractivity contribution in [1.29, 1.82) is 5.26 Å². The van der Waals surface area contributed by atoms with Crippen molar-refractivity contribution in [3.8, 4) is 6.07 Å². The van der Waals surface area contributed by atoms with Gasteiger partial charge in [0.05, 0.1) is 30.5 Å². The quantitative estimate of drug-likeness (QED) is 0.790. The van der Waals surface area contributed by atoms with Crippen LogP contribution in [0, 0.1) is 17.1 Å². The molecule has 3 nitrogen and oxygen atoms in total. The molecule has 0 aliphatic rings. The fraction of sp³-hybridized carbons (Fsp3) is 0.429. The SMILES string of the molecule is COC(=O)C(CC#N)c1c(C(C)C)ccc(Cl)c1F. The van der Waals surface area contributed by atoms with Gasteiger partial charge in [-0.05, 0) is 17.5 Å². The lowest BCUT2D eigenvalue weighted by Gasteiger charge is -2.19. The number of esters is 1. The summed E-state index contributed by atoms with van der Waals surface area (Å²) < 4.78 is 18.9. The number of ether oxygens (including phenoxy) is 1. The average Bonchev–Trinajstić information content (AvgIpc) is 2.38. The van der Waals surface area contributed by atoms with Crippen LogP contribution in [0.4, 0.5) is 4.39 Å². The Kier molecular flexibility index (Phi) is 5.31. The van der Waals surface area contributed by atoms with Gasteiger partial charge in [-0.3, -0.25) is 4.79 Å². The van der Waals surface area contributed by atoms with Gasteiger partial charge in [0.15, 0.2) is 0 Å². The summed E-state index contributed by atoms with van der Waals surface area (Å²) in [5.74, 6) is -2.23. The van der Waals surface area contributed by atoms with Gasteiger partial charge in [-0.2, -0.15) is 5.26 Å². The van der Waals surface area contributed by atoms with E-state index in [9.17, 15) is 9.18 Å². The van der Waals surface area contributed by atoms with Crippen LogP contribution in [0.1, 0.15) is 43.2 Å². The minimum absolute atomic E-state index is 0.00705. The van der Waals surface area contributed by atoms with E-state index >= 15 is 0 Å². The number of carbonyl (C=O) groups is 1. The number of methoxy groups -OCH3 is 1. The maximum absolute atomic E-state index is 14.2. The lowest BCUT2D eigenvalue weighted by atomic mass is 9.87. The molecule has 5 heteroatoms. The first-order chi connectivity index (χ1) is 8.93. The van der Waals surface area contributed by atoms with E-state index in [2.05, 4.69) is 4.74 Å². The molecule has 0 aromatic heterocycles. The fourth-order valence-corrected chi connectivity index (χ4v) is 2.14. The lowest BCUT2D eigenvalue weighted by molar-refractivity contribution is -0.142. The molecule has 0 saturated heterocycles. The van der Waals surface area contributed by atoms with Gasteiger partial charge in [0, 0.05) is 5.56 Å². The Morgan fingerprint density at radius 2 is 2.16 bits per heavy atom. The smallest absolute Gasteiger partial charge is 0.314 e. The van der Waals surface area contributed by atoms with Crippen molar-refractivity contribution < 1.29 is 13.9 Å². The third-order valence-corrected chi connectivity index (χ3v) is 3.21. The van der Waals surface area contributed by atoms with Gasteiger partial charge in [0.2, 0.25) is 0 Å². The summed E-state index contributed by atoms with van der Waals surface area (Å²) in [4.78, 5) is 11.8. The van der Waals surface area contributed by atoms with E-state index in [1.165, 1.54) is 13.2 Å². The maximum Gasteiger partial charge on any atom is 0.314 e. The van der Waals surface area contributed by atoms with E-state index in [4.69, 9.17) is 16.9 Å². The average molecular weight is 284 g/mol. The van der Waals surface area contributed by atoms with Crippen molar-refractivity contribution in [3.63, 3.8) is 0 Å². The predicted molar refractivity (Wildman–Crippen MR) is 70.5 cm³/mol. The van der Waals surface area contributed by atoms with Crippen LogP contribution in [0.15, 0.2) is 12.1 Å². The summed E-state index contributed by atoms with van der Waals surface area (Å²) in [6, 6.07) is 5.02. The Balaban J connectivity index is 3.47. The van der Waals surface area contributed by atoms with E-state index in [-0.39, 0.29) is 22.9 Å². The van der Waals surface area contributed by atoms with E-state index in [1.54, 1.807) is 6.07 Å². The van der Waals surface area contributed by atoms with Crippen LogP contribution < -0.4 is 0 Å². The molecule has 1 rings (SSSR count). The van der Waals surface area contributed by atoms with Crippen LogP contribution in [-0.2, 0) is 9.53 Å². The highest BCUT2D eigenvalue weighted by Gasteiger charge is 2.29. The minimum Gasteiger partial charge on any atom is -0.469 e. The third-order valence-electron chi connectivity index (χ3n) is 2.92. The van der Waals surface area contributed by atoms with Crippen molar-refractivity contribution in [2.75, 3.05) is 7.11 Å². The summed E-state index contributed by atoms with van der Waals surface area (Å²) in [5, 5.41) is 8.76. The van der Waals surface area contributed by atoms with Crippen LogP contribution >= 0.6 is 11.6 Å². The van der Waals surface area contributed by atoms with Crippen LogP contribution in [0.2, 0.25) is 5.02 Å². The zero-order valence-corrected chi connectivity index (χ0v) is 11.8. The second kappa shape index (κ2) is 6.53. The molecule has 1 unspecified atom stereocenters. The molecule has 0 amide bonds. The molecule has 0 spiro atoms. The van der Waals surface area contributed by atoms with Gasteiger partial charge < -0.3 is 4.74 Å². The van der Waals surface area contributed by atoms with Crippen LogP contribution in [0.5, 0.6) is 0 Å². The molecule has 0 fully saturated rings. The monoisotopic (exact) mass is 283 g/mol.